The first-order chi connectivity index (χ1) is 15.1. The fraction of sp³-hybridized carbons (Fsp3) is 0.478. The zero-order valence-electron chi connectivity index (χ0n) is 19.3. The van der Waals surface area contributed by atoms with Gasteiger partial charge in [-0.2, -0.15) is 5.10 Å². The van der Waals surface area contributed by atoms with Crippen molar-refractivity contribution in [1.29, 1.82) is 0 Å². The Morgan fingerprint density at radius 3 is 2.69 bits per heavy atom. The average molecular weight is 442 g/mol. The molecule has 0 bridgehead atoms. The predicted molar refractivity (Wildman–Crippen MR) is 123 cm³/mol. The van der Waals surface area contributed by atoms with E-state index < -0.39 is 5.60 Å². The molecule has 2 aromatic rings. The number of carbonyl (C=O) groups is 3. The second-order valence-electron chi connectivity index (χ2n) is 8.94. The largest absolute Gasteiger partial charge is 0.444 e. The number of nitrogens with one attached hydrogen (secondary N) is 1. The van der Waals surface area contributed by atoms with Crippen LogP contribution in [0.1, 0.15) is 39.2 Å². The molecule has 9 nitrogen and oxygen atoms in total. The van der Waals surface area contributed by atoms with Gasteiger partial charge in [-0.05, 0) is 50.5 Å². The van der Waals surface area contributed by atoms with Gasteiger partial charge in [-0.25, -0.2) is 4.79 Å². The van der Waals surface area contributed by atoms with E-state index in [2.05, 4.69) is 28.6 Å². The Morgan fingerprint density at radius 2 is 2.06 bits per heavy atom. The van der Waals surface area contributed by atoms with E-state index in [-0.39, 0.29) is 18.4 Å². The number of nitrogens with zero attached hydrogens (tertiary/aromatic N) is 4. The highest BCUT2D eigenvalue weighted by Gasteiger charge is 2.24. The van der Waals surface area contributed by atoms with Crippen molar-refractivity contribution in [3.05, 3.63) is 29.8 Å². The molecule has 0 fully saturated rings. The molecular formula is C23H31N5O4. The molecule has 32 heavy (non-hydrogen) atoms. The summed E-state index contributed by atoms with van der Waals surface area (Å²) in [7, 11) is 3.76. The van der Waals surface area contributed by atoms with Gasteiger partial charge in [0.2, 0.25) is 12.3 Å². The third kappa shape index (κ3) is 5.46. The third-order valence-electron chi connectivity index (χ3n) is 5.32. The van der Waals surface area contributed by atoms with E-state index in [0.29, 0.717) is 26.0 Å². The summed E-state index contributed by atoms with van der Waals surface area (Å²) in [4.78, 5) is 37.9. The first-order valence-corrected chi connectivity index (χ1v) is 10.7. The summed E-state index contributed by atoms with van der Waals surface area (Å²) in [5, 5.41) is 7.76. The molecule has 1 aliphatic heterocycles. The third-order valence-corrected chi connectivity index (χ3v) is 5.32. The van der Waals surface area contributed by atoms with Gasteiger partial charge in [0.05, 0.1) is 5.52 Å². The molecule has 9 heteroatoms. The van der Waals surface area contributed by atoms with Gasteiger partial charge in [-0.3, -0.25) is 19.6 Å². The fourth-order valence-electron chi connectivity index (χ4n) is 3.66. The normalized spacial score (nSPS) is 14.2. The fourth-order valence-corrected chi connectivity index (χ4v) is 3.66. The molecule has 3 rings (SSSR count). The highest BCUT2D eigenvalue weighted by molar-refractivity contribution is 5.93. The van der Waals surface area contributed by atoms with Crippen LogP contribution in [-0.2, 0) is 21.4 Å². The van der Waals surface area contributed by atoms with E-state index in [4.69, 9.17) is 4.74 Å². The molecule has 2 heterocycles. The van der Waals surface area contributed by atoms with E-state index in [1.54, 1.807) is 4.90 Å². The van der Waals surface area contributed by atoms with Gasteiger partial charge < -0.3 is 14.5 Å². The van der Waals surface area contributed by atoms with Crippen LogP contribution < -0.4 is 10.2 Å². The molecule has 0 unspecified atom stereocenters. The number of rotatable bonds is 6. The van der Waals surface area contributed by atoms with Gasteiger partial charge in [0.25, 0.3) is 0 Å². The van der Waals surface area contributed by atoms with Gasteiger partial charge in [-0.15, -0.1) is 0 Å². The van der Waals surface area contributed by atoms with Crippen LogP contribution in [-0.4, -0.2) is 65.4 Å². The van der Waals surface area contributed by atoms with E-state index >= 15 is 0 Å². The van der Waals surface area contributed by atoms with Crippen LogP contribution in [0.4, 0.5) is 10.6 Å². The second-order valence-corrected chi connectivity index (χ2v) is 8.94. The molecule has 172 valence electrons. The molecule has 1 aliphatic rings. The first kappa shape index (κ1) is 23.3. The number of hydrogen-bond acceptors (Lipinski definition) is 6. The summed E-state index contributed by atoms with van der Waals surface area (Å²) in [6.45, 7) is 7.17. The monoisotopic (exact) mass is 441 g/mol. The van der Waals surface area contributed by atoms with Crippen LogP contribution in [0.5, 0.6) is 0 Å². The van der Waals surface area contributed by atoms with Gasteiger partial charge in [-0.1, -0.05) is 12.1 Å². The molecule has 3 amide bonds. The number of benzene rings is 1. The lowest BCUT2D eigenvalue weighted by atomic mass is 9.98. The zero-order valence-corrected chi connectivity index (χ0v) is 19.3. The number of carbonyl (C=O) groups excluding carboxylic acids is 3. The van der Waals surface area contributed by atoms with Crippen molar-refractivity contribution >= 4 is 40.7 Å². The number of hydrogen-bond donors (Lipinski definition) is 1. The summed E-state index contributed by atoms with van der Waals surface area (Å²) in [6.07, 6.45) is 3.13. The Morgan fingerprint density at radius 1 is 1.31 bits per heavy atom. The van der Waals surface area contributed by atoms with E-state index in [1.165, 1.54) is 5.57 Å². The Labute approximate surface area is 188 Å². The van der Waals surface area contributed by atoms with Crippen molar-refractivity contribution < 1.29 is 19.1 Å². The van der Waals surface area contributed by atoms with Crippen molar-refractivity contribution in [2.24, 2.45) is 7.05 Å². The lowest BCUT2D eigenvalue weighted by Crippen LogP contribution is -2.39. The number of ether oxygens (including phenoxy) is 1. The predicted octanol–water partition coefficient (Wildman–Crippen LogP) is 2.70. The number of aromatic nitrogens is 2. The van der Waals surface area contributed by atoms with Crippen molar-refractivity contribution in [2.75, 3.05) is 31.6 Å². The molecule has 0 aliphatic carbocycles. The number of aryl methyl sites for hydroxylation is 1. The van der Waals surface area contributed by atoms with Crippen molar-refractivity contribution in [2.45, 2.75) is 39.2 Å². The maximum Gasteiger partial charge on any atom is 0.410 e. The standard InChI is InChI=1S/C23H31N5O4/c1-23(2,3)32-22(31)28-12-8-16(9-13-28)17-6-7-18-19(14-17)27(5)25-21(18)26(4)11-10-20(30)24-15-29/h6-8,14-15H,9-13H2,1-5H3,(H,24,29,30). The average Bonchev–Trinajstić information content (AvgIpc) is 3.07. The maximum atomic E-state index is 12.3. The molecule has 0 saturated heterocycles. The molecule has 1 aromatic heterocycles. The van der Waals surface area contributed by atoms with Crippen LogP contribution in [0, 0.1) is 0 Å². The minimum absolute atomic E-state index is 0.201. The first-order valence-electron chi connectivity index (χ1n) is 10.7. The maximum absolute atomic E-state index is 12.3. The number of fused-ring (bicyclic) bond motifs is 1. The Kier molecular flexibility index (Phi) is 6.86. The topological polar surface area (TPSA) is 96.8 Å². The van der Waals surface area contributed by atoms with Crippen LogP contribution in [0.15, 0.2) is 24.3 Å². The summed E-state index contributed by atoms with van der Waals surface area (Å²) in [5.41, 5.74) is 2.77. The summed E-state index contributed by atoms with van der Waals surface area (Å²) < 4.78 is 7.29. The van der Waals surface area contributed by atoms with Crippen LogP contribution in [0.25, 0.3) is 16.5 Å². The molecule has 0 spiro atoms. The summed E-state index contributed by atoms with van der Waals surface area (Å²) in [6, 6.07) is 6.21. The smallest absolute Gasteiger partial charge is 0.410 e. The van der Waals surface area contributed by atoms with E-state index in [0.717, 1.165) is 28.7 Å². The lowest BCUT2D eigenvalue weighted by molar-refractivity contribution is -0.125. The lowest BCUT2D eigenvalue weighted by Gasteiger charge is -2.29. The second kappa shape index (κ2) is 9.42. The minimum atomic E-state index is -0.505. The van der Waals surface area contributed by atoms with Crippen molar-refractivity contribution in [3.8, 4) is 0 Å². The highest BCUT2D eigenvalue weighted by Crippen LogP contribution is 2.30. The number of imide groups is 1. The Balaban J connectivity index is 1.74. The van der Waals surface area contributed by atoms with Gasteiger partial charge in [0.1, 0.15) is 5.60 Å². The Bertz CT molecular complexity index is 1050. The van der Waals surface area contributed by atoms with Gasteiger partial charge in [0, 0.05) is 45.5 Å². The summed E-state index contributed by atoms with van der Waals surface area (Å²) >= 11 is 0. The molecular weight excluding hydrogens is 410 g/mol. The van der Waals surface area contributed by atoms with Gasteiger partial charge in [0.15, 0.2) is 5.82 Å². The quantitative estimate of drug-likeness (QED) is 0.693. The number of amides is 3. The van der Waals surface area contributed by atoms with Gasteiger partial charge >= 0.3 is 6.09 Å². The van der Waals surface area contributed by atoms with Crippen LogP contribution in [0.2, 0.25) is 0 Å². The van der Waals surface area contributed by atoms with Crippen molar-refractivity contribution in [1.82, 2.24) is 20.0 Å². The number of anilines is 1. The minimum Gasteiger partial charge on any atom is -0.444 e. The summed E-state index contributed by atoms with van der Waals surface area (Å²) in [5.74, 6) is 0.459. The van der Waals surface area contributed by atoms with E-state index in [1.807, 2.05) is 50.5 Å². The van der Waals surface area contributed by atoms with Crippen LogP contribution in [0.3, 0.4) is 0 Å². The molecule has 1 aromatic carbocycles. The molecule has 1 N–H and O–H groups in total. The molecule has 0 radical (unpaired) electrons. The molecule has 0 atom stereocenters. The Hall–Kier alpha value is -3.36. The zero-order chi connectivity index (χ0) is 23.5. The van der Waals surface area contributed by atoms with Crippen molar-refractivity contribution in [3.63, 3.8) is 0 Å². The van der Waals surface area contributed by atoms with Crippen LogP contribution >= 0.6 is 0 Å². The highest BCUT2D eigenvalue weighted by atomic mass is 16.6. The van der Waals surface area contributed by atoms with E-state index in [9.17, 15) is 14.4 Å². The molecule has 0 saturated carbocycles. The SMILES string of the molecule is CN(CCC(=O)NC=O)c1nn(C)c2cc(C3=CCN(C(=O)OC(C)(C)C)CC3)ccc12.